The third-order valence-electron chi connectivity index (χ3n) is 4.77. The average molecular weight is 550 g/mol. The fraction of sp³-hybridized carbons (Fsp3) is 0.227. The molecule has 0 saturated heterocycles. The molecule has 12 heteroatoms. The van der Waals surface area contributed by atoms with Crippen LogP contribution < -0.4 is 5.32 Å². The molecule has 2 aromatic heterocycles. The van der Waals surface area contributed by atoms with Gasteiger partial charge < -0.3 is 10.1 Å². The Morgan fingerprint density at radius 2 is 1.82 bits per heavy atom. The van der Waals surface area contributed by atoms with Gasteiger partial charge in [0, 0.05) is 25.4 Å². The number of carbonyl (C=O) groups excluding carboxylic acids is 3. The van der Waals surface area contributed by atoms with Crippen LogP contribution in [0.25, 0.3) is 5.82 Å². The van der Waals surface area contributed by atoms with E-state index in [4.69, 9.17) is 16.3 Å². The lowest BCUT2D eigenvalue weighted by Crippen LogP contribution is -2.49. The molecule has 3 amide bonds. The van der Waals surface area contributed by atoms with E-state index in [0.717, 1.165) is 0 Å². The van der Waals surface area contributed by atoms with Gasteiger partial charge in [0.1, 0.15) is 10.3 Å². The SMILES string of the molecule is CCN(C(=O)OC)N(CC)C(=O)c1ccccc1NC(=O)c1cc(Br)nn1-c1ncccc1Cl. The summed E-state index contributed by atoms with van der Waals surface area (Å²) >= 11 is 9.52. The first kappa shape index (κ1) is 25.2. The summed E-state index contributed by atoms with van der Waals surface area (Å²) in [6, 6.07) is 11.3. The van der Waals surface area contributed by atoms with Crippen molar-refractivity contribution in [3.63, 3.8) is 0 Å². The number of hydrogen-bond acceptors (Lipinski definition) is 6. The number of benzene rings is 1. The molecular weight excluding hydrogens is 528 g/mol. The molecule has 0 fully saturated rings. The molecule has 0 aliphatic heterocycles. The van der Waals surface area contributed by atoms with Crippen molar-refractivity contribution in [1.82, 2.24) is 24.8 Å². The summed E-state index contributed by atoms with van der Waals surface area (Å²) in [6.07, 6.45) is 0.868. The number of pyridine rings is 1. The van der Waals surface area contributed by atoms with Crippen molar-refractivity contribution in [3.05, 3.63) is 69.5 Å². The molecule has 34 heavy (non-hydrogen) atoms. The molecular formula is C22H22BrClN6O4. The van der Waals surface area contributed by atoms with Gasteiger partial charge in [-0.25, -0.2) is 24.5 Å². The van der Waals surface area contributed by atoms with Crippen molar-refractivity contribution in [3.8, 4) is 5.82 Å². The number of amides is 3. The predicted molar refractivity (Wildman–Crippen MR) is 130 cm³/mol. The van der Waals surface area contributed by atoms with Crippen LogP contribution in [0.2, 0.25) is 5.02 Å². The van der Waals surface area contributed by atoms with E-state index >= 15 is 0 Å². The molecule has 0 aliphatic carbocycles. The highest BCUT2D eigenvalue weighted by Crippen LogP contribution is 2.24. The maximum absolute atomic E-state index is 13.3. The number of hydrogen-bond donors (Lipinski definition) is 1. The van der Waals surface area contributed by atoms with E-state index in [0.29, 0.717) is 9.63 Å². The van der Waals surface area contributed by atoms with E-state index in [2.05, 4.69) is 31.3 Å². The van der Waals surface area contributed by atoms with Gasteiger partial charge in [0.25, 0.3) is 11.8 Å². The highest BCUT2D eigenvalue weighted by Gasteiger charge is 2.27. The number of nitrogens with one attached hydrogen (secondary N) is 1. The third kappa shape index (κ3) is 5.20. The molecule has 1 aromatic carbocycles. The van der Waals surface area contributed by atoms with E-state index in [1.165, 1.54) is 34.1 Å². The molecule has 10 nitrogen and oxygen atoms in total. The van der Waals surface area contributed by atoms with Crippen molar-refractivity contribution in [1.29, 1.82) is 0 Å². The minimum absolute atomic E-state index is 0.145. The standard InChI is InChI=1S/C22H22BrClN6O4/c1-4-28(29(5-2)22(33)34-3)21(32)14-9-6-7-11-16(14)26-20(31)17-13-18(23)27-30(17)19-15(24)10-8-12-25-19/h6-13H,4-5H2,1-3H3,(H,26,31). The van der Waals surface area contributed by atoms with Gasteiger partial charge >= 0.3 is 6.09 Å². The van der Waals surface area contributed by atoms with Crippen LogP contribution in [0, 0.1) is 0 Å². The molecule has 0 spiro atoms. The van der Waals surface area contributed by atoms with Gasteiger partial charge in [-0.3, -0.25) is 9.59 Å². The monoisotopic (exact) mass is 548 g/mol. The van der Waals surface area contributed by atoms with E-state index in [1.54, 1.807) is 50.2 Å². The van der Waals surface area contributed by atoms with Crippen LogP contribution in [0.5, 0.6) is 0 Å². The van der Waals surface area contributed by atoms with Crippen LogP contribution in [-0.2, 0) is 4.74 Å². The first-order valence-corrected chi connectivity index (χ1v) is 11.4. The summed E-state index contributed by atoms with van der Waals surface area (Å²) < 4.78 is 6.49. The van der Waals surface area contributed by atoms with Crippen molar-refractivity contribution >= 4 is 51.1 Å². The zero-order valence-electron chi connectivity index (χ0n) is 18.7. The van der Waals surface area contributed by atoms with E-state index in [1.807, 2.05) is 0 Å². The van der Waals surface area contributed by atoms with Gasteiger partial charge in [0.15, 0.2) is 5.82 Å². The maximum atomic E-state index is 13.3. The van der Waals surface area contributed by atoms with Crippen LogP contribution in [0.1, 0.15) is 34.7 Å². The lowest BCUT2D eigenvalue weighted by molar-refractivity contribution is -0.00165. The van der Waals surface area contributed by atoms with Gasteiger partial charge in [0.05, 0.1) is 23.4 Å². The topological polar surface area (TPSA) is 110 Å². The summed E-state index contributed by atoms with van der Waals surface area (Å²) in [4.78, 5) is 42.9. The van der Waals surface area contributed by atoms with Crippen LogP contribution in [0.15, 0.2) is 53.3 Å². The predicted octanol–water partition coefficient (Wildman–Crippen LogP) is 4.40. The highest BCUT2D eigenvalue weighted by molar-refractivity contribution is 9.10. The fourth-order valence-electron chi connectivity index (χ4n) is 3.24. The summed E-state index contributed by atoms with van der Waals surface area (Å²) in [5.41, 5.74) is 0.598. The second-order valence-electron chi connectivity index (χ2n) is 6.78. The zero-order chi connectivity index (χ0) is 24.8. The maximum Gasteiger partial charge on any atom is 0.428 e. The Kier molecular flexibility index (Phi) is 8.24. The highest BCUT2D eigenvalue weighted by atomic mass is 79.9. The number of para-hydroxylation sites is 1. The van der Waals surface area contributed by atoms with Crippen LogP contribution in [0.3, 0.4) is 0 Å². The molecule has 2 heterocycles. The lowest BCUT2D eigenvalue weighted by Gasteiger charge is -2.32. The first-order valence-electron chi connectivity index (χ1n) is 10.3. The minimum Gasteiger partial charge on any atom is -0.452 e. The summed E-state index contributed by atoms with van der Waals surface area (Å²) in [6.45, 7) is 3.89. The number of nitrogens with zero attached hydrogens (tertiary/aromatic N) is 5. The normalized spacial score (nSPS) is 10.5. The number of anilines is 1. The van der Waals surface area contributed by atoms with E-state index in [-0.39, 0.29) is 35.9 Å². The number of aromatic nitrogens is 3. The summed E-state index contributed by atoms with van der Waals surface area (Å²) in [7, 11) is 1.24. The molecule has 3 rings (SSSR count). The Morgan fingerprint density at radius 3 is 2.47 bits per heavy atom. The van der Waals surface area contributed by atoms with Gasteiger partial charge in [-0.05, 0) is 54.0 Å². The Bertz CT molecular complexity index is 1220. The van der Waals surface area contributed by atoms with Gasteiger partial charge in [-0.15, -0.1) is 0 Å². The van der Waals surface area contributed by atoms with Gasteiger partial charge in [-0.1, -0.05) is 23.7 Å². The third-order valence-corrected chi connectivity index (χ3v) is 5.45. The largest absolute Gasteiger partial charge is 0.452 e. The van der Waals surface area contributed by atoms with E-state index in [9.17, 15) is 14.4 Å². The number of halogens is 2. The molecule has 0 saturated carbocycles. The number of hydrazine groups is 1. The summed E-state index contributed by atoms with van der Waals surface area (Å²) in [5, 5.41) is 9.77. The van der Waals surface area contributed by atoms with Crippen molar-refractivity contribution in [2.75, 3.05) is 25.5 Å². The lowest BCUT2D eigenvalue weighted by atomic mass is 10.1. The molecule has 1 N–H and O–H groups in total. The number of carbonyl (C=O) groups is 3. The first-order chi connectivity index (χ1) is 16.3. The summed E-state index contributed by atoms with van der Waals surface area (Å²) in [5.74, 6) is -0.741. The average Bonchev–Trinajstić information content (AvgIpc) is 3.23. The van der Waals surface area contributed by atoms with Gasteiger partial charge in [-0.2, -0.15) is 5.10 Å². The second kappa shape index (κ2) is 11.1. The van der Waals surface area contributed by atoms with Crippen molar-refractivity contribution in [2.45, 2.75) is 13.8 Å². The Balaban J connectivity index is 1.95. The smallest absolute Gasteiger partial charge is 0.428 e. The number of methoxy groups -OCH3 is 1. The molecule has 3 aromatic rings. The molecule has 0 aliphatic rings. The molecule has 0 bridgehead atoms. The fourth-order valence-corrected chi connectivity index (χ4v) is 3.82. The number of rotatable bonds is 6. The van der Waals surface area contributed by atoms with Crippen LogP contribution in [-0.4, -0.2) is 62.9 Å². The van der Waals surface area contributed by atoms with Crippen molar-refractivity contribution in [2.24, 2.45) is 0 Å². The van der Waals surface area contributed by atoms with Crippen LogP contribution >= 0.6 is 27.5 Å². The molecule has 0 unspecified atom stereocenters. The Labute approximate surface area is 209 Å². The zero-order valence-corrected chi connectivity index (χ0v) is 21.0. The molecule has 178 valence electrons. The quantitative estimate of drug-likeness (QED) is 0.457. The Hall–Kier alpha value is -3.44. The van der Waals surface area contributed by atoms with Crippen molar-refractivity contribution < 1.29 is 19.1 Å². The minimum atomic E-state index is -0.666. The Morgan fingerprint density at radius 1 is 1.12 bits per heavy atom. The van der Waals surface area contributed by atoms with Gasteiger partial charge in [0.2, 0.25) is 0 Å². The molecule has 0 atom stereocenters. The second-order valence-corrected chi connectivity index (χ2v) is 8.00. The number of ether oxygens (including phenoxy) is 1. The molecule has 0 radical (unpaired) electrons. The van der Waals surface area contributed by atoms with E-state index < -0.39 is 17.9 Å². The van der Waals surface area contributed by atoms with Crippen LogP contribution in [0.4, 0.5) is 10.5 Å².